The molecule has 3 rings (SSSR count). The lowest BCUT2D eigenvalue weighted by molar-refractivity contribution is -0.145. The first-order valence-electron chi connectivity index (χ1n) is 10.2. The second-order valence-corrected chi connectivity index (χ2v) is 8.04. The number of hydrogen-bond donors (Lipinski definition) is 2. The topological polar surface area (TPSA) is 85.0 Å². The van der Waals surface area contributed by atoms with Crippen LogP contribution in [0.1, 0.15) is 17.5 Å². The Morgan fingerprint density at radius 3 is 2.55 bits per heavy atom. The van der Waals surface area contributed by atoms with Crippen molar-refractivity contribution in [1.82, 2.24) is 20.0 Å². The van der Waals surface area contributed by atoms with E-state index in [1.807, 2.05) is 32.0 Å². The lowest BCUT2D eigenvalue weighted by atomic mass is 10.1. The minimum absolute atomic E-state index is 0.0480. The van der Waals surface area contributed by atoms with Crippen LogP contribution in [0.5, 0.6) is 0 Å². The molecule has 0 bridgehead atoms. The Morgan fingerprint density at radius 2 is 1.86 bits per heavy atom. The molecule has 2 fully saturated rings. The maximum absolute atomic E-state index is 12.9. The molecule has 158 valence electrons. The molecule has 0 aromatic heterocycles. The van der Waals surface area contributed by atoms with Gasteiger partial charge in [-0.2, -0.15) is 0 Å². The molecule has 8 heteroatoms. The van der Waals surface area contributed by atoms with E-state index in [0.29, 0.717) is 13.1 Å². The Morgan fingerprint density at radius 1 is 1.14 bits per heavy atom. The van der Waals surface area contributed by atoms with Crippen LogP contribution in [0, 0.1) is 13.8 Å². The van der Waals surface area contributed by atoms with Crippen LogP contribution in [-0.2, 0) is 14.4 Å². The van der Waals surface area contributed by atoms with Crippen LogP contribution >= 0.6 is 0 Å². The van der Waals surface area contributed by atoms with Crippen molar-refractivity contribution in [3.8, 4) is 0 Å². The third kappa shape index (κ3) is 5.55. The fourth-order valence-corrected chi connectivity index (χ4v) is 3.83. The van der Waals surface area contributed by atoms with Gasteiger partial charge in [0.2, 0.25) is 17.7 Å². The number of benzene rings is 1. The maximum atomic E-state index is 12.9. The average molecular weight is 402 g/mol. The van der Waals surface area contributed by atoms with E-state index in [1.54, 1.807) is 4.90 Å². The minimum atomic E-state index is -0.769. The van der Waals surface area contributed by atoms with Crippen molar-refractivity contribution in [2.24, 2.45) is 0 Å². The SMILES string of the molecule is Cc1ccc(NC(=O)C[C@H]2C(=O)NCCN2C(=O)CN2CCN(C)CC2)c(C)c1. The van der Waals surface area contributed by atoms with Gasteiger partial charge >= 0.3 is 0 Å². The van der Waals surface area contributed by atoms with E-state index >= 15 is 0 Å². The predicted molar refractivity (Wildman–Crippen MR) is 112 cm³/mol. The van der Waals surface area contributed by atoms with Crippen LogP contribution in [0.15, 0.2) is 18.2 Å². The van der Waals surface area contributed by atoms with Gasteiger partial charge in [0, 0.05) is 45.0 Å². The molecular weight excluding hydrogens is 370 g/mol. The largest absolute Gasteiger partial charge is 0.353 e. The first kappa shape index (κ1) is 21.3. The van der Waals surface area contributed by atoms with Crippen LogP contribution in [0.3, 0.4) is 0 Å². The summed E-state index contributed by atoms with van der Waals surface area (Å²) in [6.45, 7) is 8.58. The Balaban J connectivity index is 1.62. The van der Waals surface area contributed by atoms with E-state index in [-0.39, 0.29) is 30.7 Å². The molecule has 1 aromatic carbocycles. The van der Waals surface area contributed by atoms with Gasteiger partial charge in [-0.15, -0.1) is 0 Å². The standard InChI is InChI=1S/C21H31N5O3/c1-15-4-5-17(16(2)12-15)23-19(27)13-18-21(29)22-6-7-26(18)20(28)14-25-10-8-24(3)9-11-25/h4-5,12,18H,6-11,13-14H2,1-3H3,(H,22,29)(H,23,27)/t18-/m0/s1. The monoisotopic (exact) mass is 401 g/mol. The highest BCUT2D eigenvalue weighted by Gasteiger charge is 2.35. The number of carbonyl (C=O) groups excluding carboxylic acids is 3. The average Bonchev–Trinajstić information content (AvgIpc) is 2.67. The summed E-state index contributed by atoms with van der Waals surface area (Å²) in [7, 11) is 2.07. The molecule has 2 aliphatic rings. The van der Waals surface area contributed by atoms with Gasteiger partial charge in [-0.1, -0.05) is 17.7 Å². The van der Waals surface area contributed by atoms with Gasteiger partial charge in [-0.05, 0) is 32.5 Å². The number of rotatable bonds is 5. The van der Waals surface area contributed by atoms with Gasteiger partial charge in [-0.3, -0.25) is 19.3 Å². The van der Waals surface area contributed by atoms with Gasteiger partial charge in [-0.25, -0.2) is 0 Å². The second kappa shape index (κ2) is 9.37. The molecule has 1 aromatic rings. The molecule has 2 saturated heterocycles. The molecule has 3 amide bonds. The van der Waals surface area contributed by atoms with Crippen LogP contribution in [0.2, 0.25) is 0 Å². The van der Waals surface area contributed by atoms with Crippen molar-refractivity contribution < 1.29 is 14.4 Å². The third-order valence-electron chi connectivity index (χ3n) is 5.64. The van der Waals surface area contributed by atoms with Crippen LogP contribution in [-0.4, -0.2) is 91.3 Å². The number of nitrogens with zero attached hydrogens (tertiary/aromatic N) is 3. The van der Waals surface area contributed by atoms with E-state index in [1.165, 1.54) is 0 Å². The summed E-state index contributed by atoms with van der Waals surface area (Å²) in [5.41, 5.74) is 2.81. The van der Waals surface area contributed by atoms with Crippen molar-refractivity contribution in [1.29, 1.82) is 0 Å². The van der Waals surface area contributed by atoms with Crippen molar-refractivity contribution >= 4 is 23.4 Å². The molecule has 2 N–H and O–H groups in total. The summed E-state index contributed by atoms with van der Waals surface area (Å²) in [5, 5.41) is 5.66. The number of hydrogen-bond acceptors (Lipinski definition) is 5. The Hall–Kier alpha value is -2.45. The fraction of sp³-hybridized carbons (Fsp3) is 0.571. The van der Waals surface area contributed by atoms with E-state index in [4.69, 9.17) is 0 Å². The van der Waals surface area contributed by atoms with E-state index < -0.39 is 6.04 Å². The Kier molecular flexibility index (Phi) is 6.87. The van der Waals surface area contributed by atoms with Gasteiger partial charge in [0.15, 0.2) is 0 Å². The van der Waals surface area contributed by atoms with E-state index in [0.717, 1.165) is 43.0 Å². The zero-order valence-electron chi connectivity index (χ0n) is 17.5. The van der Waals surface area contributed by atoms with Crippen molar-refractivity contribution in [3.63, 3.8) is 0 Å². The molecule has 0 saturated carbocycles. The van der Waals surface area contributed by atoms with Gasteiger partial charge in [0.25, 0.3) is 0 Å². The third-order valence-corrected chi connectivity index (χ3v) is 5.64. The lowest BCUT2D eigenvalue weighted by Gasteiger charge is -2.37. The molecule has 0 radical (unpaired) electrons. The summed E-state index contributed by atoms with van der Waals surface area (Å²) >= 11 is 0. The molecule has 2 aliphatic heterocycles. The highest BCUT2D eigenvalue weighted by molar-refractivity contribution is 5.98. The summed E-state index contributed by atoms with van der Waals surface area (Å²) in [5.74, 6) is -0.621. The lowest BCUT2D eigenvalue weighted by Crippen LogP contribution is -2.60. The number of anilines is 1. The fourth-order valence-electron chi connectivity index (χ4n) is 3.83. The number of likely N-dealkylation sites (N-methyl/N-ethyl adjacent to an activating group) is 1. The van der Waals surface area contributed by atoms with Crippen molar-refractivity contribution in [3.05, 3.63) is 29.3 Å². The Labute approximate surface area is 172 Å². The number of piperazine rings is 2. The highest BCUT2D eigenvalue weighted by atomic mass is 16.2. The van der Waals surface area contributed by atoms with Crippen molar-refractivity contribution in [2.75, 3.05) is 58.2 Å². The first-order chi connectivity index (χ1) is 13.8. The molecule has 8 nitrogen and oxygen atoms in total. The number of carbonyl (C=O) groups is 3. The van der Waals surface area contributed by atoms with Crippen molar-refractivity contribution in [2.45, 2.75) is 26.3 Å². The van der Waals surface area contributed by atoms with Gasteiger partial charge < -0.3 is 20.4 Å². The summed E-state index contributed by atoms with van der Waals surface area (Å²) < 4.78 is 0. The van der Waals surface area contributed by atoms with Crippen LogP contribution in [0.4, 0.5) is 5.69 Å². The van der Waals surface area contributed by atoms with Crippen LogP contribution in [0.25, 0.3) is 0 Å². The Bertz CT molecular complexity index is 774. The molecule has 0 aliphatic carbocycles. The molecular formula is C21H31N5O3. The number of amides is 3. The summed E-state index contributed by atoms with van der Waals surface area (Å²) in [6.07, 6.45) is -0.0480. The first-order valence-corrected chi connectivity index (χ1v) is 10.2. The summed E-state index contributed by atoms with van der Waals surface area (Å²) in [6, 6.07) is 5.02. The minimum Gasteiger partial charge on any atom is -0.353 e. The maximum Gasteiger partial charge on any atom is 0.243 e. The number of aryl methyl sites for hydroxylation is 2. The van der Waals surface area contributed by atoms with Crippen LogP contribution < -0.4 is 10.6 Å². The predicted octanol–water partition coefficient (Wildman–Crippen LogP) is 0.206. The van der Waals surface area contributed by atoms with E-state index in [9.17, 15) is 14.4 Å². The highest BCUT2D eigenvalue weighted by Crippen LogP contribution is 2.18. The summed E-state index contributed by atoms with van der Waals surface area (Å²) in [4.78, 5) is 43.9. The second-order valence-electron chi connectivity index (χ2n) is 8.04. The molecule has 2 heterocycles. The zero-order valence-corrected chi connectivity index (χ0v) is 17.5. The molecule has 1 atom stereocenters. The smallest absolute Gasteiger partial charge is 0.243 e. The quantitative estimate of drug-likeness (QED) is 0.737. The number of nitrogens with one attached hydrogen (secondary N) is 2. The van der Waals surface area contributed by atoms with E-state index in [2.05, 4.69) is 27.5 Å². The molecule has 29 heavy (non-hydrogen) atoms. The van der Waals surface area contributed by atoms with Gasteiger partial charge in [0.05, 0.1) is 13.0 Å². The zero-order chi connectivity index (χ0) is 21.0. The normalized spacial score (nSPS) is 21.0. The molecule has 0 spiro atoms. The van der Waals surface area contributed by atoms with Gasteiger partial charge in [0.1, 0.15) is 6.04 Å². The molecule has 0 unspecified atom stereocenters.